The summed E-state index contributed by atoms with van der Waals surface area (Å²) in [7, 11) is 1.59. The quantitative estimate of drug-likeness (QED) is 0.321. The molecule has 31 heavy (non-hydrogen) atoms. The number of hydrogen-bond acceptors (Lipinski definition) is 8. The molecule has 1 N–H and O–H groups in total. The highest BCUT2D eigenvalue weighted by Gasteiger charge is 2.17. The highest BCUT2D eigenvalue weighted by molar-refractivity contribution is 7.98. The third-order valence-electron chi connectivity index (χ3n) is 4.61. The number of hydrogen-bond donors (Lipinski definition) is 1. The third-order valence-corrected chi connectivity index (χ3v) is 5.53. The van der Waals surface area contributed by atoms with Crippen LogP contribution < -0.4 is 10.3 Å². The van der Waals surface area contributed by atoms with Gasteiger partial charge in [0, 0.05) is 0 Å². The summed E-state index contributed by atoms with van der Waals surface area (Å²) < 4.78 is 12.3. The van der Waals surface area contributed by atoms with Crippen molar-refractivity contribution in [3.05, 3.63) is 77.0 Å². The zero-order chi connectivity index (χ0) is 21.2. The molecule has 0 aliphatic carbocycles. The molecule has 3 aromatic heterocycles. The molecule has 154 valence electrons. The molecular weight excluding hydrogens is 416 g/mol. The van der Waals surface area contributed by atoms with E-state index in [2.05, 4.69) is 25.3 Å². The number of nitrogens with zero attached hydrogens (tertiary/aromatic N) is 5. The summed E-state index contributed by atoms with van der Waals surface area (Å²) in [6.45, 7) is 0. The van der Waals surface area contributed by atoms with Gasteiger partial charge < -0.3 is 9.26 Å². The molecule has 0 amide bonds. The molecule has 0 radical (unpaired) electrons. The molecule has 3 heterocycles. The number of thioether (sulfide) groups is 1. The maximum Gasteiger partial charge on any atom is 0.269 e. The highest BCUT2D eigenvalue weighted by Crippen LogP contribution is 2.29. The summed E-state index contributed by atoms with van der Waals surface area (Å²) in [5, 5.41) is 11.7. The first-order chi connectivity index (χ1) is 15.2. The minimum absolute atomic E-state index is 0.201. The van der Waals surface area contributed by atoms with E-state index in [1.807, 2.05) is 54.6 Å². The fourth-order valence-electron chi connectivity index (χ4n) is 3.15. The molecule has 2 aromatic carbocycles. The summed E-state index contributed by atoms with van der Waals surface area (Å²) in [4.78, 5) is 22.1. The third kappa shape index (κ3) is 3.57. The van der Waals surface area contributed by atoms with Crippen LogP contribution in [0.15, 0.2) is 75.3 Å². The normalized spacial score (nSPS) is 11.1. The molecule has 0 atom stereocenters. The van der Waals surface area contributed by atoms with Gasteiger partial charge >= 0.3 is 0 Å². The Morgan fingerprint density at radius 2 is 1.90 bits per heavy atom. The SMILES string of the molecule is COc1ccccc1-c1noc(CSc2nc3[nH]ncc3c(=O)n2-c2ccccc2)n1. The van der Waals surface area contributed by atoms with Crippen molar-refractivity contribution in [2.24, 2.45) is 0 Å². The maximum atomic E-state index is 13.1. The molecule has 10 heteroatoms. The van der Waals surface area contributed by atoms with Crippen LogP contribution in [0.1, 0.15) is 5.89 Å². The predicted molar refractivity (Wildman–Crippen MR) is 115 cm³/mol. The van der Waals surface area contributed by atoms with Crippen molar-refractivity contribution >= 4 is 22.8 Å². The summed E-state index contributed by atoms with van der Waals surface area (Å²) in [6, 6.07) is 16.8. The molecule has 0 fully saturated rings. The molecule has 0 saturated carbocycles. The first-order valence-corrected chi connectivity index (χ1v) is 10.3. The standard InChI is InChI=1S/C21H16N6O3S/c1-29-16-10-6-5-9-14(16)19-23-17(30-26-19)12-31-21-24-18-15(11-22-25-18)20(28)27(21)13-7-3-2-4-8-13/h2-11H,12H2,1H3,(H,22,25). The van der Waals surface area contributed by atoms with E-state index in [9.17, 15) is 4.79 Å². The number of ether oxygens (including phenoxy) is 1. The fourth-order valence-corrected chi connectivity index (χ4v) is 4.00. The summed E-state index contributed by atoms with van der Waals surface area (Å²) in [5.74, 6) is 1.84. The van der Waals surface area contributed by atoms with Gasteiger partial charge in [0.25, 0.3) is 5.56 Å². The van der Waals surface area contributed by atoms with Crippen molar-refractivity contribution in [1.82, 2.24) is 29.9 Å². The molecule has 0 aliphatic rings. The Balaban J connectivity index is 1.48. The van der Waals surface area contributed by atoms with E-state index in [1.165, 1.54) is 18.0 Å². The number of methoxy groups -OCH3 is 1. The van der Waals surface area contributed by atoms with Gasteiger partial charge in [-0.3, -0.25) is 14.5 Å². The van der Waals surface area contributed by atoms with Crippen LogP contribution in [0, 0.1) is 0 Å². The summed E-state index contributed by atoms with van der Waals surface area (Å²) in [6.07, 6.45) is 1.48. The van der Waals surface area contributed by atoms with Crippen molar-refractivity contribution in [2.75, 3.05) is 7.11 Å². The van der Waals surface area contributed by atoms with Crippen molar-refractivity contribution in [2.45, 2.75) is 10.9 Å². The van der Waals surface area contributed by atoms with Gasteiger partial charge in [0.2, 0.25) is 11.7 Å². The Morgan fingerprint density at radius 1 is 1.10 bits per heavy atom. The Labute approximate surface area is 180 Å². The van der Waals surface area contributed by atoms with E-state index < -0.39 is 0 Å². The first kappa shape index (κ1) is 19.1. The number of aromatic nitrogens is 6. The number of para-hydroxylation sites is 2. The van der Waals surface area contributed by atoms with E-state index in [-0.39, 0.29) is 5.56 Å². The van der Waals surface area contributed by atoms with Crippen LogP contribution >= 0.6 is 11.8 Å². The second-order valence-electron chi connectivity index (χ2n) is 6.50. The molecule has 9 nitrogen and oxygen atoms in total. The lowest BCUT2D eigenvalue weighted by Crippen LogP contribution is -2.21. The van der Waals surface area contributed by atoms with Gasteiger partial charge in [-0.25, -0.2) is 4.98 Å². The van der Waals surface area contributed by atoms with Crippen LogP contribution in [0.3, 0.4) is 0 Å². The number of H-pyrrole nitrogens is 1. The molecule has 0 aliphatic heterocycles. The lowest BCUT2D eigenvalue weighted by Gasteiger charge is -2.10. The Hall–Kier alpha value is -3.92. The van der Waals surface area contributed by atoms with Crippen molar-refractivity contribution in [3.63, 3.8) is 0 Å². The molecule has 5 aromatic rings. The van der Waals surface area contributed by atoms with Gasteiger partial charge in [0.15, 0.2) is 10.8 Å². The lowest BCUT2D eigenvalue weighted by molar-refractivity contribution is 0.390. The zero-order valence-corrected chi connectivity index (χ0v) is 17.2. The average molecular weight is 432 g/mol. The van der Waals surface area contributed by atoms with Gasteiger partial charge in [-0.05, 0) is 24.3 Å². The van der Waals surface area contributed by atoms with Crippen molar-refractivity contribution in [1.29, 1.82) is 0 Å². The van der Waals surface area contributed by atoms with Gasteiger partial charge in [-0.1, -0.05) is 47.3 Å². The van der Waals surface area contributed by atoms with Gasteiger partial charge in [-0.15, -0.1) is 0 Å². The Kier molecular flexibility index (Phi) is 4.97. The van der Waals surface area contributed by atoms with E-state index in [1.54, 1.807) is 11.7 Å². The minimum Gasteiger partial charge on any atom is -0.496 e. The number of rotatable bonds is 6. The monoisotopic (exact) mass is 432 g/mol. The van der Waals surface area contributed by atoms with Crippen LogP contribution in [-0.4, -0.2) is 37.0 Å². The van der Waals surface area contributed by atoms with E-state index in [0.29, 0.717) is 45.1 Å². The number of nitrogens with one attached hydrogen (secondary N) is 1. The molecule has 5 rings (SSSR count). The topological polar surface area (TPSA) is 112 Å². The number of aromatic amines is 1. The molecule has 0 unspecified atom stereocenters. The molecule has 0 bridgehead atoms. The van der Waals surface area contributed by atoms with Crippen molar-refractivity contribution < 1.29 is 9.26 Å². The van der Waals surface area contributed by atoms with Crippen LogP contribution in [0.2, 0.25) is 0 Å². The van der Waals surface area contributed by atoms with Gasteiger partial charge in [0.05, 0.1) is 30.3 Å². The smallest absolute Gasteiger partial charge is 0.269 e. The maximum absolute atomic E-state index is 13.1. The second kappa shape index (κ2) is 8.07. The molecular formula is C21H16N6O3S. The summed E-state index contributed by atoms with van der Waals surface area (Å²) in [5.41, 5.74) is 1.68. The predicted octanol–water partition coefficient (Wildman–Crippen LogP) is 3.46. The van der Waals surface area contributed by atoms with Crippen molar-refractivity contribution in [3.8, 4) is 22.8 Å². The highest BCUT2D eigenvalue weighted by atomic mass is 32.2. The summed E-state index contributed by atoms with van der Waals surface area (Å²) >= 11 is 1.32. The van der Waals surface area contributed by atoms with E-state index in [4.69, 9.17) is 9.26 Å². The Bertz CT molecular complexity index is 1410. The minimum atomic E-state index is -0.201. The van der Waals surface area contributed by atoms with E-state index in [0.717, 1.165) is 5.56 Å². The van der Waals surface area contributed by atoms with Gasteiger partial charge in [0.1, 0.15) is 11.1 Å². The van der Waals surface area contributed by atoms with Gasteiger partial charge in [-0.2, -0.15) is 10.1 Å². The second-order valence-corrected chi connectivity index (χ2v) is 7.45. The largest absolute Gasteiger partial charge is 0.496 e. The first-order valence-electron chi connectivity index (χ1n) is 9.35. The van der Waals surface area contributed by atoms with E-state index >= 15 is 0 Å². The lowest BCUT2D eigenvalue weighted by atomic mass is 10.2. The van der Waals surface area contributed by atoms with Crippen LogP contribution in [-0.2, 0) is 5.75 Å². The average Bonchev–Trinajstić information content (AvgIpc) is 3.48. The van der Waals surface area contributed by atoms with Crippen LogP contribution in [0.4, 0.5) is 0 Å². The van der Waals surface area contributed by atoms with Crippen LogP contribution in [0.5, 0.6) is 5.75 Å². The molecule has 0 spiro atoms. The molecule has 0 saturated heterocycles. The fraction of sp³-hybridized carbons (Fsp3) is 0.0952. The zero-order valence-electron chi connectivity index (χ0n) is 16.3. The number of benzene rings is 2. The van der Waals surface area contributed by atoms with Crippen LogP contribution in [0.25, 0.3) is 28.1 Å². The Morgan fingerprint density at radius 3 is 2.74 bits per heavy atom. The number of fused-ring (bicyclic) bond motifs is 1.